The molecule has 4 heteroatoms. The van der Waals surface area contributed by atoms with Crippen LogP contribution in [-0.4, -0.2) is 29.9 Å². The number of carbonyl (C=O) groups is 1. The molecule has 4 nitrogen and oxygen atoms in total. The van der Waals surface area contributed by atoms with Crippen LogP contribution in [-0.2, 0) is 4.79 Å². The summed E-state index contributed by atoms with van der Waals surface area (Å²) in [5.41, 5.74) is 14.1. The van der Waals surface area contributed by atoms with Crippen LogP contribution in [0.1, 0.15) is 36.9 Å². The van der Waals surface area contributed by atoms with Gasteiger partial charge in [-0.3, -0.25) is 4.79 Å². The molecule has 1 heterocycles. The van der Waals surface area contributed by atoms with Gasteiger partial charge in [0.05, 0.1) is 0 Å². The van der Waals surface area contributed by atoms with Crippen molar-refractivity contribution in [3.05, 3.63) is 35.4 Å². The molecule has 1 aromatic rings. The van der Waals surface area contributed by atoms with Crippen molar-refractivity contribution < 1.29 is 4.79 Å². The highest BCUT2D eigenvalue weighted by atomic mass is 16.2. The van der Waals surface area contributed by atoms with E-state index in [4.69, 9.17) is 11.5 Å². The minimum absolute atomic E-state index is 0.0250. The van der Waals surface area contributed by atoms with Gasteiger partial charge in [0.15, 0.2) is 0 Å². The van der Waals surface area contributed by atoms with E-state index in [-0.39, 0.29) is 11.9 Å². The molecule has 0 aromatic heterocycles. The number of nitrogens with zero attached hydrogens (tertiary/aromatic N) is 1. The number of likely N-dealkylation sites (tertiary alicyclic amines) is 1. The third-order valence-corrected chi connectivity index (χ3v) is 4.30. The van der Waals surface area contributed by atoms with Crippen LogP contribution in [0.25, 0.3) is 0 Å². The molecule has 1 aromatic carbocycles. The Morgan fingerprint density at radius 2 is 1.75 bits per heavy atom. The zero-order valence-corrected chi connectivity index (χ0v) is 12.4. The van der Waals surface area contributed by atoms with E-state index >= 15 is 0 Å². The van der Waals surface area contributed by atoms with Crippen molar-refractivity contribution in [2.45, 2.75) is 38.8 Å². The maximum atomic E-state index is 12.4. The standard InChI is InChI=1S/C16H25N3O/c1-11-3-5-14(6-4-11)15(18)16(20)19-9-7-13(8-10-19)12(2)17/h3-6,12-13,15H,7-10,17-18H2,1-2H3. The molecule has 1 aliphatic heterocycles. The molecule has 0 aliphatic carbocycles. The van der Waals surface area contributed by atoms with Crippen LogP contribution in [0.3, 0.4) is 0 Å². The van der Waals surface area contributed by atoms with Crippen molar-refractivity contribution in [1.29, 1.82) is 0 Å². The quantitative estimate of drug-likeness (QED) is 0.879. The van der Waals surface area contributed by atoms with Gasteiger partial charge in [0.1, 0.15) is 6.04 Å². The molecule has 1 fully saturated rings. The average molecular weight is 275 g/mol. The Bertz CT molecular complexity index is 447. The SMILES string of the molecule is Cc1ccc(C(N)C(=O)N2CCC(C(C)N)CC2)cc1. The molecule has 1 aliphatic rings. The Kier molecular flexibility index (Phi) is 4.78. The van der Waals surface area contributed by atoms with Crippen LogP contribution in [0.5, 0.6) is 0 Å². The second-order valence-corrected chi connectivity index (χ2v) is 5.91. The summed E-state index contributed by atoms with van der Waals surface area (Å²) in [6.45, 7) is 5.60. The molecular weight excluding hydrogens is 250 g/mol. The summed E-state index contributed by atoms with van der Waals surface area (Å²) >= 11 is 0. The highest BCUT2D eigenvalue weighted by Crippen LogP contribution is 2.22. The minimum Gasteiger partial charge on any atom is -0.341 e. The van der Waals surface area contributed by atoms with E-state index in [0.29, 0.717) is 5.92 Å². The first kappa shape index (κ1) is 15.0. The molecule has 2 unspecified atom stereocenters. The smallest absolute Gasteiger partial charge is 0.244 e. The molecule has 0 radical (unpaired) electrons. The van der Waals surface area contributed by atoms with Crippen molar-refractivity contribution in [2.75, 3.05) is 13.1 Å². The summed E-state index contributed by atoms with van der Waals surface area (Å²) in [6, 6.07) is 7.51. The lowest BCUT2D eigenvalue weighted by molar-refractivity contribution is -0.134. The lowest BCUT2D eigenvalue weighted by Crippen LogP contribution is -2.45. The number of aryl methyl sites for hydroxylation is 1. The van der Waals surface area contributed by atoms with Crippen molar-refractivity contribution >= 4 is 5.91 Å². The fraction of sp³-hybridized carbons (Fsp3) is 0.562. The van der Waals surface area contributed by atoms with Crippen molar-refractivity contribution in [3.63, 3.8) is 0 Å². The number of hydrogen-bond donors (Lipinski definition) is 2. The second-order valence-electron chi connectivity index (χ2n) is 5.91. The van der Waals surface area contributed by atoms with E-state index in [0.717, 1.165) is 31.5 Å². The largest absolute Gasteiger partial charge is 0.341 e. The van der Waals surface area contributed by atoms with E-state index in [2.05, 4.69) is 0 Å². The lowest BCUT2D eigenvalue weighted by Gasteiger charge is -2.35. The zero-order valence-electron chi connectivity index (χ0n) is 12.4. The molecular formula is C16H25N3O. The van der Waals surface area contributed by atoms with E-state index < -0.39 is 6.04 Å². The Balaban J connectivity index is 1.96. The average Bonchev–Trinajstić information content (AvgIpc) is 2.46. The Morgan fingerprint density at radius 1 is 1.20 bits per heavy atom. The van der Waals surface area contributed by atoms with Crippen LogP contribution >= 0.6 is 0 Å². The topological polar surface area (TPSA) is 72.4 Å². The number of nitrogens with two attached hydrogens (primary N) is 2. The summed E-state index contributed by atoms with van der Waals surface area (Å²) in [6.07, 6.45) is 1.95. The molecule has 0 saturated carbocycles. The minimum atomic E-state index is -0.553. The van der Waals surface area contributed by atoms with Crippen LogP contribution in [0.2, 0.25) is 0 Å². The number of carbonyl (C=O) groups excluding carboxylic acids is 1. The maximum Gasteiger partial charge on any atom is 0.244 e. The van der Waals surface area contributed by atoms with Gasteiger partial charge in [-0.25, -0.2) is 0 Å². The third-order valence-electron chi connectivity index (χ3n) is 4.30. The number of amides is 1. The first-order valence-corrected chi connectivity index (χ1v) is 7.35. The second kappa shape index (κ2) is 6.37. The number of benzene rings is 1. The molecule has 0 bridgehead atoms. The van der Waals surface area contributed by atoms with Gasteiger partial charge < -0.3 is 16.4 Å². The number of rotatable bonds is 3. The summed E-state index contributed by atoms with van der Waals surface area (Å²) in [7, 11) is 0. The number of piperidine rings is 1. The molecule has 20 heavy (non-hydrogen) atoms. The molecule has 0 spiro atoms. The zero-order chi connectivity index (χ0) is 14.7. The van der Waals surface area contributed by atoms with Crippen LogP contribution in [0.4, 0.5) is 0 Å². The fourth-order valence-electron chi connectivity index (χ4n) is 2.76. The van der Waals surface area contributed by atoms with E-state index in [9.17, 15) is 4.79 Å². The monoisotopic (exact) mass is 275 g/mol. The van der Waals surface area contributed by atoms with Crippen LogP contribution in [0.15, 0.2) is 24.3 Å². The fourth-order valence-corrected chi connectivity index (χ4v) is 2.76. The van der Waals surface area contributed by atoms with Gasteiger partial charge in [0.25, 0.3) is 0 Å². The Morgan fingerprint density at radius 3 is 2.25 bits per heavy atom. The summed E-state index contributed by atoms with van der Waals surface area (Å²) in [4.78, 5) is 14.3. The predicted octanol–water partition coefficient (Wildman–Crippen LogP) is 1.58. The van der Waals surface area contributed by atoms with E-state index in [1.807, 2.05) is 43.0 Å². The molecule has 4 N–H and O–H groups in total. The molecule has 110 valence electrons. The predicted molar refractivity (Wildman–Crippen MR) is 81.1 cm³/mol. The highest BCUT2D eigenvalue weighted by molar-refractivity contribution is 5.83. The summed E-state index contributed by atoms with van der Waals surface area (Å²) < 4.78 is 0. The molecule has 1 saturated heterocycles. The molecule has 1 amide bonds. The van der Waals surface area contributed by atoms with Crippen molar-refractivity contribution in [3.8, 4) is 0 Å². The molecule has 2 rings (SSSR count). The maximum absolute atomic E-state index is 12.4. The summed E-state index contributed by atoms with van der Waals surface area (Å²) in [5.74, 6) is 0.548. The van der Waals surface area contributed by atoms with E-state index in [1.54, 1.807) is 0 Å². The van der Waals surface area contributed by atoms with Gasteiger partial charge in [-0.05, 0) is 38.2 Å². The Labute approximate surface area is 121 Å². The van der Waals surface area contributed by atoms with Gasteiger partial charge >= 0.3 is 0 Å². The van der Waals surface area contributed by atoms with Gasteiger partial charge in [-0.1, -0.05) is 29.8 Å². The number of hydrogen-bond acceptors (Lipinski definition) is 3. The van der Waals surface area contributed by atoms with Crippen LogP contribution < -0.4 is 11.5 Å². The lowest BCUT2D eigenvalue weighted by atomic mass is 9.90. The van der Waals surface area contributed by atoms with Crippen molar-refractivity contribution in [1.82, 2.24) is 4.90 Å². The van der Waals surface area contributed by atoms with Crippen molar-refractivity contribution in [2.24, 2.45) is 17.4 Å². The normalized spacial score (nSPS) is 19.7. The first-order chi connectivity index (χ1) is 9.49. The summed E-state index contributed by atoms with van der Waals surface area (Å²) in [5, 5.41) is 0. The first-order valence-electron chi connectivity index (χ1n) is 7.35. The van der Waals surface area contributed by atoms with Gasteiger partial charge in [-0.15, -0.1) is 0 Å². The van der Waals surface area contributed by atoms with Gasteiger partial charge in [0.2, 0.25) is 5.91 Å². The third kappa shape index (κ3) is 3.38. The van der Waals surface area contributed by atoms with Gasteiger partial charge in [-0.2, -0.15) is 0 Å². The van der Waals surface area contributed by atoms with E-state index in [1.165, 1.54) is 5.56 Å². The highest BCUT2D eigenvalue weighted by Gasteiger charge is 2.28. The van der Waals surface area contributed by atoms with Gasteiger partial charge in [0, 0.05) is 19.1 Å². The Hall–Kier alpha value is -1.39. The van der Waals surface area contributed by atoms with Crippen LogP contribution in [0, 0.1) is 12.8 Å². The molecule has 2 atom stereocenters.